The Morgan fingerprint density at radius 1 is 0.867 bits per heavy atom. The number of carbonyl (C=O) groups is 7. The highest BCUT2D eigenvalue weighted by Crippen LogP contribution is 2.51. The number of nitrogens with one attached hydrogen (secondary N) is 6. The molecule has 2 aromatic carbocycles. The molecule has 0 bridgehead atoms. The smallest absolute Gasteiger partial charge is 0.328 e. The lowest BCUT2D eigenvalue weighted by molar-refractivity contribution is -0.151. The maximum Gasteiger partial charge on any atom is 0.328 e. The van der Waals surface area contributed by atoms with E-state index in [-0.39, 0.29) is 98.6 Å². The molecule has 9 rings (SSSR count). The number of methoxy groups -OCH3 is 1. The molecular weight excluding hydrogens is 1160 g/mol. The van der Waals surface area contributed by atoms with E-state index >= 15 is 0 Å². The summed E-state index contributed by atoms with van der Waals surface area (Å²) in [6.07, 6.45) is 9.81. The Kier molecular flexibility index (Phi) is 22.1. The summed E-state index contributed by atoms with van der Waals surface area (Å²) in [5.74, 6) is -1.09. The number of likely N-dealkylation sites (tertiary alicyclic amines) is 1. The number of aliphatic hydroxyl groups is 1. The van der Waals surface area contributed by atoms with Crippen molar-refractivity contribution in [3.63, 3.8) is 0 Å². The number of nitrogens with zero attached hydrogens (tertiary/aromatic N) is 8. The Balaban J connectivity index is 0.625. The molecule has 0 spiro atoms. The van der Waals surface area contributed by atoms with E-state index < -0.39 is 42.5 Å². The van der Waals surface area contributed by atoms with E-state index in [0.717, 1.165) is 48.2 Å². The fourth-order valence-electron chi connectivity index (χ4n) is 10.6. The molecule has 3 fully saturated rings. The van der Waals surface area contributed by atoms with Crippen molar-refractivity contribution in [2.45, 2.75) is 123 Å². The van der Waals surface area contributed by atoms with Crippen LogP contribution in [0, 0.1) is 37.0 Å². The van der Waals surface area contributed by atoms with Crippen LogP contribution in [0.5, 0.6) is 17.4 Å². The van der Waals surface area contributed by atoms with E-state index in [4.69, 9.17) is 23.7 Å². The highest BCUT2D eigenvalue weighted by Gasteiger charge is 2.48. The second-order valence-corrected chi connectivity index (χ2v) is 24.2. The number of anilines is 1. The first kappa shape index (κ1) is 65.4. The van der Waals surface area contributed by atoms with Gasteiger partial charge in [-0.15, -0.1) is 5.10 Å². The number of ether oxygens (including phenoxy) is 5. The van der Waals surface area contributed by atoms with Gasteiger partial charge in [0.25, 0.3) is 17.7 Å². The van der Waals surface area contributed by atoms with Crippen molar-refractivity contribution in [3.05, 3.63) is 114 Å². The van der Waals surface area contributed by atoms with Gasteiger partial charge < -0.3 is 60.3 Å². The number of esters is 1. The quantitative estimate of drug-likeness (QED) is 0.0221. The van der Waals surface area contributed by atoms with Crippen LogP contribution in [0.2, 0.25) is 0 Å². The van der Waals surface area contributed by atoms with Crippen molar-refractivity contribution in [1.82, 2.24) is 66.1 Å². The van der Waals surface area contributed by atoms with Crippen LogP contribution in [0.1, 0.15) is 104 Å². The van der Waals surface area contributed by atoms with E-state index in [1.54, 1.807) is 52.3 Å². The molecule has 480 valence electrons. The van der Waals surface area contributed by atoms with Crippen LogP contribution < -0.4 is 36.1 Å². The first-order valence-corrected chi connectivity index (χ1v) is 30.3. The Morgan fingerprint density at radius 3 is 2.30 bits per heavy atom. The van der Waals surface area contributed by atoms with Crippen molar-refractivity contribution in [2.75, 3.05) is 58.5 Å². The minimum atomic E-state index is -0.810. The molecule has 1 unspecified atom stereocenters. The van der Waals surface area contributed by atoms with Crippen LogP contribution in [0.4, 0.5) is 5.69 Å². The molecule has 27 nitrogen and oxygen atoms in total. The SMILES string of the molecule is COC(=O)[C@H](CCC(C)(C)C)NC(=O)c1ccc(Oc2cccc(OCC(=O)NC(CO)COC3CN(C(=O)COCc4cn(CC(=O)NCCCn5nccc5C(=O)N[C@H](C(=O)Nc5ccc(-c6c(C)n[nH]c6C)cc5)C(C5CC5)C5CC5)nn4)C3)c2)nc1. The number of hydrogen-bond donors (Lipinski definition) is 7. The largest absolute Gasteiger partial charge is 0.484 e. The molecule has 2 aliphatic carbocycles. The number of aliphatic hydroxyl groups excluding tert-OH is 1. The number of benzene rings is 2. The molecule has 1 saturated heterocycles. The third-order valence-corrected chi connectivity index (χ3v) is 15.7. The molecule has 7 N–H and O–H groups in total. The van der Waals surface area contributed by atoms with Gasteiger partial charge in [-0.05, 0) is 124 Å². The molecule has 3 atom stereocenters. The molecule has 2 saturated carbocycles. The number of aromatic amines is 1. The van der Waals surface area contributed by atoms with Gasteiger partial charge in [-0.1, -0.05) is 44.2 Å². The van der Waals surface area contributed by atoms with Crippen LogP contribution in [0.15, 0.2) is 85.3 Å². The molecule has 1 aliphatic heterocycles. The number of hydrogen-bond acceptors (Lipinski definition) is 18. The lowest BCUT2D eigenvalue weighted by Crippen LogP contribution is -2.57. The van der Waals surface area contributed by atoms with Gasteiger partial charge in [0, 0.05) is 67.7 Å². The van der Waals surface area contributed by atoms with Crippen LogP contribution in [0.25, 0.3) is 11.1 Å². The van der Waals surface area contributed by atoms with Gasteiger partial charge >= 0.3 is 5.97 Å². The minimum absolute atomic E-state index is 0.0115. The summed E-state index contributed by atoms with van der Waals surface area (Å²) < 4.78 is 30.8. The normalized spacial score (nSPS) is 15.0. The molecular formula is C63H80N14O13. The van der Waals surface area contributed by atoms with E-state index in [9.17, 15) is 38.7 Å². The molecule has 5 heterocycles. The highest BCUT2D eigenvalue weighted by molar-refractivity contribution is 6.01. The predicted octanol–water partition coefficient (Wildman–Crippen LogP) is 4.45. The average Bonchev–Trinajstić information content (AvgIpc) is 1.85. The lowest BCUT2D eigenvalue weighted by atomic mass is 9.88. The van der Waals surface area contributed by atoms with Gasteiger partial charge in [0.2, 0.25) is 23.6 Å². The van der Waals surface area contributed by atoms with E-state index in [0.29, 0.717) is 72.8 Å². The van der Waals surface area contributed by atoms with Gasteiger partial charge in [0.05, 0.1) is 56.5 Å². The second-order valence-electron chi connectivity index (χ2n) is 24.2. The summed E-state index contributed by atoms with van der Waals surface area (Å²) in [7, 11) is 1.28. The summed E-state index contributed by atoms with van der Waals surface area (Å²) in [5, 5.41) is 44.2. The number of aryl methyl sites for hydroxylation is 3. The van der Waals surface area contributed by atoms with Crippen molar-refractivity contribution in [1.29, 1.82) is 0 Å². The summed E-state index contributed by atoms with van der Waals surface area (Å²) in [4.78, 5) is 97.5. The van der Waals surface area contributed by atoms with Gasteiger partial charge in [-0.2, -0.15) is 10.2 Å². The number of rotatable bonds is 33. The van der Waals surface area contributed by atoms with Crippen LogP contribution in [-0.4, -0.2) is 169 Å². The zero-order chi connectivity index (χ0) is 63.9. The van der Waals surface area contributed by atoms with E-state index in [2.05, 4.69) is 57.2 Å². The Labute approximate surface area is 521 Å². The zero-order valence-corrected chi connectivity index (χ0v) is 51.6. The summed E-state index contributed by atoms with van der Waals surface area (Å²) >= 11 is 0. The Hall–Kier alpha value is -9.08. The molecule has 6 aromatic rings. The number of H-pyrrole nitrogens is 1. The third kappa shape index (κ3) is 18.7. The standard InChI is InChI=1S/C63H80N14O13/c1-38-56(39(2)72-71-38)40-15-18-44(19-16-40)68-61(84)58(57(41-11-12-41)42-13-14-42)70-60(83)51-22-25-66-77(51)26-8-24-64-52(79)32-76-29-45(73-74-76)34-87-37-55(81)75-30-49(31-75)88-35-46(33-78)67-53(80)36-89-47-9-7-10-48(27-47)90-54-20-17-43(28-65-54)59(82)69-50(62(85)86-6)21-23-63(3,4)5/h7,9-10,15-20,22,25,27-29,41-42,46,49-50,57-58,78H,8,11-14,21,23-24,26,30-37H2,1-6H3,(H,64,79)(H,67,80)(H,68,84)(H,69,82)(H,70,83)(H,71,72)/t46?,50-,58-/m0/s1. The van der Waals surface area contributed by atoms with Gasteiger partial charge in [0.15, 0.2) is 6.61 Å². The monoisotopic (exact) mass is 1240 g/mol. The number of carbonyl (C=O) groups excluding carboxylic acids is 7. The molecule has 4 aromatic heterocycles. The molecule has 6 amide bonds. The number of aromatic nitrogens is 8. The van der Waals surface area contributed by atoms with Crippen molar-refractivity contribution < 1.29 is 62.4 Å². The predicted molar refractivity (Wildman–Crippen MR) is 325 cm³/mol. The molecule has 90 heavy (non-hydrogen) atoms. The lowest BCUT2D eigenvalue weighted by Gasteiger charge is -2.39. The maximum atomic E-state index is 14.1. The van der Waals surface area contributed by atoms with E-state index in [1.165, 1.54) is 30.1 Å². The highest BCUT2D eigenvalue weighted by atomic mass is 16.5. The number of amides is 6. The topological polar surface area (TPSA) is 339 Å². The fourth-order valence-corrected chi connectivity index (χ4v) is 10.6. The van der Waals surface area contributed by atoms with Crippen molar-refractivity contribution >= 4 is 47.1 Å². The van der Waals surface area contributed by atoms with Crippen molar-refractivity contribution in [2.24, 2.45) is 23.2 Å². The third-order valence-electron chi connectivity index (χ3n) is 15.7. The van der Waals surface area contributed by atoms with Crippen LogP contribution >= 0.6 is 0 Å². The Morgan fingerprint density at radius 2 is 1.62 bits per heavy atom. The minimum Gasteiger partial charge on any atom is -0.484 e. The molecule has 27 heteroatoms. The van der Waals surface area contributed by atoms with Gasteiger partial charge in [-0.3, -0.25) is 38.5 Å². The Bertz CT molecular complexity index is 3410. The first-order valence-electron chi connectivity index (χ1n) is 30.3. The van der Waals surface area contributed by atoms with Gasteiger partial charge in [-0.25, -0.2) is 14.5 Å². The summed E-state index contributed by atoms with van der Waals surface area (Å²) in [5.41, 5.74) is 5.42. The first-order chi connectivity index (χ1) is 43.3. The maximum absolute atomic E-state index is 14.1. The summed E-state index contributed by atoms with van der Waals surface area (Å²) in [6, 6.07) is 16.5. The average molecular weight is 1240 g/mol. The summed E-state index contributed by atoms with van der Waals surface area (Å²) in [6.45, 7) is 10.1. The molecule has 3 aliphatic rings. The van der Waals surface area contributed by atoms with E-state index in [1.807, 2.05) is 58.9 Å². The van der Waals surface area contributed by atoms with Gasteiger partial charge in [0.1, 0.15) is 48.1 Å². The molecule has 0 radical (unpaired) electrons. The second kappa shape index (κ2) is 30.4. The van der Waals surface area contributed by atoms with Crippen molar-refractivity contribution in [3.8, 4) is 28.5 Å². The fraction of sp³-hybridized carbons (Fsp3) is 0.492. The number of pyridine rings is 1. The van der Waals surface area contributed by atoms with Crippen LogP contribution in [-0.2, 0) is 57.9 Å². The van der Waals surface area contributed by atoms with Crippen LogP contribution in [0.3, 0.4) is 0 Å². The zero-order valence-electron chi connectivity index (χ0n) is 51.6.